The molecule has 15 heavy (non-hydrogen) atoms. The second kappa shape index (κ2) is 5.42. The van der Waals surface area contributed by atoms with E-state index >= 15 is 0 Å². The quantitative estimate of drug-likeness (QED) is 0.831. The van der Waals surface area contributed by atoms with E-state index in [9.17, 15) is 8.78 Å². The molecule has 1 atom stereocenters. The Balaban J connectivity index is 2.65. The zero-order valence-corrected chi connectivity index (χ0v) is 9.81. The predicted octanol–water partition coefficient (Wildman–Crippen LogP) is 2.91. The first-order valence-electron chi connectivity index (χ1n) is 4.57. The smallest absolute Gasteiger partial charge is 0.147 e. The monoisotopic (exact) mass is 279 g/mol. The van der Waals surface area contributed by atoms with Crippen LogP contribution in [0.25, 0.3) is 0 Å². The lowest BCUT2D eigenvalue weighted by Gasteiger charge is -2.09. The molecule has 0 aliphatic heterocycles. The van der Waals surface area contributed by atoms with E-state index in [0.717, 1.165) is 12.1 Å². The summed E-state index contributed by atoms with van der Waals surface area (Å²) in [5.41, 5.74) is 0.108. The first kappa shape index (κ1) is 12.4. The van der Waals surface area contributed by atoms with Crippen molar-refractivity contribution in [2.75, 3.05) is 11.9 Å². The molecule has 1 aromatic carbocycles. The van der Waals surface area contributed by atoms with E-state index in [1.165, 1.54) is 0 Å². The maximum atomic E-state index is 13.2. The molecule has 0 saturated heterocycles. The van der Waals surface area contributed by atoms with Crippen LogP contribution in [0.2, 0.25) is 0 Å². The van der Waals surface area contributed by atoms with Crippen molar-refractivity contribution >= 4 is 21.6 Å². The van der Waals surface area contributed by atoms with Crippen molar-refractivity contribution in [3.05, 3.63) is 28.2 Å². The fraction of sp³-hybridized carbons (Fsp3) is 0.400. The number of halogens is 3. The molecule has 0 saturated carbocycles. The number of anilines is 1. The van der Waals surface area contributed by atoms with Crippen molar-refractivity contribution in [3.8, 4) is 0 Å². The first-order chi connectivity index (χ1) is 7.00. The summed E-state index contributed by atoms with van der Waals surface area (Å²) in [4.78, 5) is 0. The van der Waals surface area contributed by atoms with Crippen LogP contribution in [0.1, 0.15) is 13.3 Å². The third kappa shape index (κ3) is 3.76. The highest BCUT2D eigenvalue weighted by molar-refractivity contribution is 9.10. The van der Waals surface area contributed by atoms with Gasteiger partial charge in [-0.1, -0.05) is 0 Å². The molecule has 0 bridgehead atoms. The Labute approximate surface area is 95.4 Å². The lowest BCUT2D eigenvalue weighted by atomic mass is 10.2. The highest BCUT2D eigenvalue weighted by Crippen LogP contribution is 2.23. The largest absolute Gasteiger partial charge is 0.393 e. The van der Waals surface area contributed by atoms with Crippen molar-refractivity contribution in [1.82, 2.24) is 0 Å². The molecular formula is C10H12BrF2NO. The average Bonchev–Trinajstić information content (AvgIpc) is 2.13. The van der Waals surface area contributed by atoms with Gasteiger partial charge in [-0.3, -0.25) is 0 Å². The van der Waals surface area contributed by atoms with E-state index in [0.29, 0.717) is 13.0 Å². The minimum Gasteiger partial charge on any atom is -0.393 e. The van der Waals surface area contributed by atoms with Crippen LogP contribution in [0.4, 0.5) is 14.5 Å². The van der Waals surface area contributed by atoms with Gasteiger partial charge in [-0.05, 0) is 35.3 Å². The van der Waals surface area contributed by atoms with Gasteiger partial charge in [0, 0.05) is 12.6 Å². The normalized spacial score (nSPS) is 12.6. The fourth-order valence-electron chi connectivity index (χ4n) is 1.07. The maximum absolute atomic E-state index is 13.2. The molecule has 1 aromatic rings. The zero-order valence-electron chi connectivity index (χ0n) is 8.23. The Kier molecular flexibility index (Phi) is 4.47. The summed E-state index contributed by atoms with van der Waals surface area (Å²) in [6.07, 6.45) is 0.0257. The number of benzene rings is 1. The van der Waals surface area contributed by atoms with Gasteiger partial charge in [0.1, 0.15) is 11.6 Å². The van der Waals surface area contributed by atoms with Gasteiger partial charge >= 0.3 is 0 Å². The molecule has 0 aliphatic rings. The Morgan fingerprint density at radius 2 is 2.07 bits per heavy atom. The van der Waals surface area contributed by atoms with Gasteiger partial charge in [-0.15, -0.1) is 0 Å². The van der Waals surface area contributed by atoms with Gasteiger partial charge in [0.25, 0.3) is 0 Å². The number of rotatable bonds is 4. The van der Waals surface area contributed by atoms with E-state index in [2.05, 4.69) is 21.2 Å². The summed E-state index contributed by atoms with van der Waals surface area (Å²) in [5, 5.41) is 11.7. The molecule has 1 rings (SSSR count). The summed E-state index contributed by atoms with van der Waals surface area (Å²) in [6, 6.07) is 2.15. The lowest BCUT2D eigenvalue weighted by Crippen LogP contribution is -2.10. The third-order valence-electron chi connectivity index (χ3n) is 1.89. The van der Waals surface area contributed by atoms with Gasteiger partial charge in [-0.25, -0.2) is 8.78 Å². The lowest BCUT2D eigenvalue weighted by molar-refractivity contribution is 0.188. The van der Waals surface area contributed by atoms with Crippen molar-refractivity contribution < 1.29 is 13.9 Å². The molecule has 1 unspecified atom stereocenters. The van der Waals surface area contributed by atoms with E-state index in [4.69, 9.17) is 5.11 Å². The second-order valence-corrected chi connectivity index (χ2v) is 4.16. The number of hydrogen-bond acceptors (Lipinski definition) is 2. The summed E-state index contributed by atoms with van der Waals surface area (Å²) in [7, 11) is 0. The van der Waals surface area contributed by atoms with Crippen LogP contribution >= 0.6 is 15.9 Å². The van der Waals surface area contributed by atoms with Crippen LogP contribution in [-0.4, -0.2) is 17.8 Å². The highest BCUT2D eigenvalue weighted by Gasteiger charge is 2.07. The van der Waals surface area contributed by atoms with E-state index in [1.54, 1.807) is 6.92 Å². The minimum atomic E-state index is -0.520. The molecule has 0 fully saturated rings. The van der Waals surface area contributed by atoms with Gasteiger partial charge in [-0.2, -0.15) is 0 Å². The first-order valence-corrected chi connectivity index (χ1v) is 5.36. The Hall–Kier alpha value is -0.680. The summed E-state index contributed by atoms with van der Waals surface area (Å²) in [5.74, 6) is -1.04. The van der Waals surface area contributed by atoms with E-state index in [1.807, 2.05) is 0 Å². The molecule has 0 amide bonds. The van der Waals surface area contributed by atoms with E-state index < -0.39 is 17.7 Å². The number of nitrogens with one attached hydrogen (secondary N) is 1. The molecule has 0 spiro atoms. The molecule has 0 aromatic heterocycles. The van der Waals surface area contributed by atoms with Crippen LogP contribution in [-0.2, 0) is 0 Å². The number of aliphatic hydroxyl groups is 1. The fourth-order valence-corrected chi connectivity index (χ4v) is 1.39. The van der Waals surface area contributed by atoms with Crippen LogP contribution in [0.3, 0.4) is 0 Å². The van der Waals surface area contributed by atoms with Crippen molar-refractivity contribution in [2.45, 2.75) is 19.4 Å². The average molecular weight is 280 g/mol. The molecule has 84 valence electrons. The highest BCUT2D eigenvalue weighted by atomic mass is 79.9. The van der Waals surface area contributed by atoms with Gasteiger partial charge < -0.3 is 10.4 Å². The van der Waals surface area contributed by atoms with Crippen LogP contribution in [0.15, 0.2) is 16.6 Å². The molecule has 0 aliphatic carbocycles. The third-order valence-corrected chi connectivity index (χ3v) is 2.50. The molecular weight excluding hydrogens is 268 g/mol. The van der Waals surface area contributed by atoms with Crippen LogP contribution in [0.5, 0.6) is 0 Å². The Morgan fingerprint density at radius 1 is 1.40 bits per heavy atom. The van der Waals surface area contributed by atoms with Gasteiger partial charge in [0.2, 0.25) is 0 Å². The van der Waals surface area contributed by atoms with Gasteiger partial charge in [0.05, 0.1) is 16.3 Å². The van der Waals surface area contributed by atoms with Crippen LogP contribution < -0.4 is 5.32 Å². The molecule has 0 heterocycles. The summed E-state index contributed by atoms with van der Waals surface area (Å²) < 4.78 is 26.4. The van der Waals surface area contributed by atoms with Crippen molar-refractivity contribution in [3.63, 3.8) is 0 Å². The molecule has 2 nitrogen and oxygen atoms in total. The Morgan fingerprint density at radius 3 is 2.67 bits per heavy atom. The summed E-state index contributed by atoms with van der Waals surface area (Å²) in [6.45, 7) is 2.04. The molecule has 5 heteroatoms. The van der Waals surface area contributed by atoms with Crippen molar-refractivity contribution in [2.24, 2.45) is 0 Å². The SMILES string of the molecule is CC(O)CCNc1cc(F)c(Br)cc1F. The number of hydrogen-bond donors (Lipinski definition) is 2. The standard InChI is InChI=1S/C10H12BrF2NO/c1-6(15)2-3-14-10-5-8(12)7(11)4-9(10)13/h4-6,14-15H,2-3H2,1H3. The summed E-state index contributed by atoms with van der Waals surface area (Å²) >= 11 is 2.89. The molecule has 2 N–H and O–H groups in total. The van der Waals surface area contributed by atoms with Crippen LogP contribution in [0, 0.1) is 11.6 Å². The maximum Gasteiger partial charge on any atom is 0.147 e. The molecule has 0 radical (unpaired) electrons. The minimum absolute atomic E-state index is 0.0982. The topological polar surface area (TPSA) is 32.3 Å². The van der Waals surface area contributed by atoms with Crippen molar-refractivity contribution in [1.29, 1.82) is 0 Å². The second-order valence-electron chi connectivity index (χ2n) is 3.31. The van der Waals surface area contributed by atoms with E-state index in [-0.39, 0.29) is 10.2 Å². The zero-order chi connectivity index (χ0) is 11.4. The number of aliphatic hydroxyl groups excluding tert-OH is 1. The Bertz CT molecular complexity index is 344. The van der Waals surface area contributed by atoms with Gasteiger partial charge in [0.15, 0.2) is 0 Å². The predicted molar refractivity (Wildman–Crippen MR) is 58.8 cm³/mol.